The molecule has 0 fully saturated rings. The van der Waals surface area contributed by atoms with Gasteiger partial charge in [-0.25, -0.2) is 9.78 Å². The zero-order chi connectivity index (χ0) is 28.9. The third kappa shape index (κ3) is 5.75. The van der Waals surface area contributed by atoms with Crippen LogP contribution in [0, 0.1) is 0 Å². The van der Waals surface area contributed by atoms with Gasteiger partial charge in [-0.3, -0.25) is 24.7 Å². The average Bonchev–Trinajstić information content (AvgIpc) is 3.06. The monoisotopic (exact) mass is 550 g/mol. The number of carbonyl (C=O) groups is 2. The molecular formula is C33H22N6O3. The number of carboxylic acid groups (broad SMARTS) is 1. The summed E-state index contributed by atoms with van der Waals surface area (Å²) in [5.74, 6) is -1.40. The van der Waals surface area contributed by atoms with Crippen LogP contribution in [0.15, 0.2) is 122 Å². The van der Waals surface area contributed by atoms with E-state index in [1.165, 1.54) is 24.5 Å². The molecule has 1 aromatic carbocycles. The Bertz CT molecular complexity index is 1840. The quantitative estimate of drug-likeness (QED) is 0.237. The maximum atomic E-state index is 13.1. The number of carboxylic acids is 1. The number of aromatic nitrogens is 5. The molecule has 1 amide bonds. The van der Waals surface area contributed by atoms with Crippen LogP contribution in [0.3, 0.4) is 0 Å². The first kappa shape index (κ1) is 26.1. The van der Waals surface area contributed by atoms with E-state index in [0.29, 0.717) is 22.6 Å². The van der Waals surface area contributed by atoms with Crippen LogP contribution in [-0.2, 0) is 0 Å². The molecule has 0 radical (unpaired) electrons. The minimum absolute atomic E-state index is 0.0882. The van der Waals surface area contributed by atoms with E-state index in [1.807, 2.05) is 72.8 Å². The summed E-state index contributed by atoms with van der Waals surface area (Å²) in [5, 5.41) is 12.2. The predicted octanol–water partition coefficient (Wildman–Crippen LogP) is 6.28. The Labute approximate surface area is 240 Å². The number of pyridine rings is 5. The maximum absolute atomic E-state index is 13.1. The van der Waals surface area contributed by atoms with Crippen LogP contribution in [0.1, 0.15) is 20.7 Å². The molecule has 0 aliphatic rings. The zero-order valence-corrected chi connectivity index (χ0v) is 22.0. The zero-order valence-electron chi connectivity index (χ0n) is 22.0. The smallest absolute Gasteiger partial charge is 0.335 e. The first-order valence-corrected chi connectivity index (χ1v) is 13.0. The molecule has 0 spiro atoms. The molecule has 0 atom stereocenters. The van der Waals surface area contributed by atoms with E-state index < -0.39 is 5.97 Å². The summed E-state index contributed by atoms with van der Waals surface area (Å²) in [6.07, 6.45) is 6.36. The Balaban J connectivity index is 1.25. The fourth-order valence-electron chi connectivity index (χ4n) is 4.35. The molecule has 5 aromatic heterocycles. The number of rotatable bonds is 7. The molecule has 6 rings (SSSR count). The van der Waals surface area contributed by atoms with E-state index in [0.717, 1.165) is 33.9 Å². The third-order valence-corrected chi connectivity index (χ3v) is 6.45. The van der Waals surface area contributed by atoms with Gasteiger partial charge in [-0.05, 0) is 83.9 Å². The molecule has 0 aliphatic carbocycles. The summed E-state index contributed by atoms with van der Waals surface area (Å²) in [6, 6.07) is 28.8. The van der Waals surface area contributed by atoms with Crippen molar-refractivity contribution in [3.8, 4) is 45.3 Å². The lowest BCUT2D eigenvalue weighted by atomic mass is 10.0. The van der Waals surface area contributed by atoms with Gasteiger partial charge in [-0.2, -0.15) is 0 Å². The third-order valence-electron chi connectivity index (χ3n) is 6.45. The van der Waals surface area contributed by atoms with Gasteiger partial charge in [0.2, 0.25) is 0 Å². The number of hydrogen-bond donors (Lipinski definition) is 2. The van der Waals surface area contributed by atoms with Gasteiger partial charge in [0.1, 0.15) is 0 Å². The van der Waals surface area contributed by atoms with Gasteiger partial charge in [-0.15, -0.1) is 0 Å². The number of hydrogen-bond acceptors (Lipinski definition) is 7. The van der Waals surface area contributed by atoms with E-state index in [2.05, 4.69) is 25.3 Å². The van der Waals surface area contributed by atoms with Crippen LogP contribution in [0.4, 0.5) is 5.69 Å². The second kappa shape index (κ2) is 11.6. The van der Waals surface area contributed by atoms with E-state index in [1.54, 1.807) is 24.5 Å². The van der Waals surface area contributed by atoms with Crippen molar-refractivity contribution in [1.29, 1.82) is 0 Å². The van der Waals surface area contributed by atoms with Gasteiger partial charge in [0.15, 0.2) is 0 Å². The number of nitrogens with zero attached hydrogens (tertiary/aromatic N) is 5. The van der Waals surface area contributed by atoms with E-state index in [4.69, 9.17) is 4.98 Å². The molecule has 42 heavy (non-hydrogen) atoms. The van der Waals surface area contributed by atoms with Crippen LogP contribution >= 0.6 is 0 Å². The van der Waals surface area contributed by atoms with Crippen LogP contribution in [-0.4, -0.2) is 41.9 Å². The summed E-state index contributed by atoms with van der Waals surface area (Å²) < 4.78 is 0. The normalized spacial score (nSPS) is 10.7. The molecular weight excluding hydrogens is 528 g/mol. The lowest BCUT2D eigenvalue weighted by molar-refractivity contribution is 0.0696. The summed E-state index contributed by atoms with van der Waals surface area (Å²) in [7, 11) is 0. The first-order valence-electron chi connectivity index (χ1n) is 13.0. The minimum atomic E-state index is -1.07. The van der Waals surface area contributed by atoms with Crippen molar-refractivity contribution in [1.82, 2.24) is 24.9 Å². The number of nitrogens with one attached hydrogen (secondary N) is 1. The molecule has 9 heteroatoms. The summed E-state index contributed by atoms with van der Waals surface area (Å²) in [5.41, 5.74) is 6.63. The molecule has 202 valence electrons. The van der Waals surface area contributed by atoms with Crippen LogP contribution in [0.5, 0.6) is 0 Å². The lowest BCUT2D eigenvalue weighted by Crippen LogP contribution is -2.12. The van der Waals surface area contributed by atoms with Crippen molar-refractivity contribution in [3.05, 3.63) is 133 Å². The highest BCUT2D eigenvalue weighted by Gasteiger charge is 2.13. The van der Waals surface area contributed by atoms with Gasteiger partial charge in [0, 0.05) is 36.0 Å². The standard InChI is InChI=1S/C33H22N6O3/c40-32(22-11-15-36-28(17-22)29-18-23(33(41)42)12-16-37-29)38-25-9-7-21(8-10-25)24-19-30(26-5-1-3-13-34-26)39-31(20-24)27-6-2-4-14-35-27/h1-20H,(H,38,40)(H,41,42). The largest absolute Gasteiger partial charge is 0.478 e. The Hall–Kier alpha value is -6.09. The van der Waals surface area contributed by atoms with Crippen molar-refractivity contribution in [2.24, 2.45) is 0 Å². The fourth-order valence-corrected chi connectivity index (χ4v) is 4.35. The van der Waals surface area contributed by atoms with Crippen LogP contribution in [0.2, 0.25) is 0 Å². The Morgan fingerprint density at radius 2 is 1.07 bits per heavy atom. The predicted molar refractivity (Wildman–Crippen MR) is 159 cm³/mol. The second-order valence-electron chi connectivity index (χ2n) is 9.25. The van der Waals surface area contributed by atoms with E-state index in [-0.39, 0.29) is 11.5 Å². The highest BCUT2D eigenvalue weighted by Crippen LogP contribution is 2.29. The topological polar surface area (TPSA) is 131 Å². The SMILES string of the molecule is O=C(O)c1ccnc(-c2cc(C(=O)Nc3ccc(-c4cc(-c5ccccn5)nc(-c5ccccn5)c4)cc3)ccn2)c1. The number of aromatic carboxylic acids is 1. The van der Waals surface area contributed by atoms with Crippen molar-refractivity contribution >= 4 is 17.6 Å². The van der Waals surface area contributed by atoms with Gasteiger partial charge in [0.25, 0.3) is 5.91 Å². The summed E-state index contributed by atoms with van der Waals surface area (Å²) >= 11 is 0. The maximum Gasteiger partial charge on any atom is 0.335 e. The van der Waals surface area contributed by atoms with E-state index in [9.17, 15) is 14.7 Å². The highest BCUT2D eigenvalue weighted by atomic mass is 16.4. The lowest BCUT2D eigenvalue weighted by Gasteiger charge is -2.11. The van der Waals surface area contributed by atoms with Crippen molar-refractivity contribution < 1.29 is 14.7 Å². The molecule has 2 N–H and O–H groups in total. The van der Waals surface area contributed by atoms with Gasteiger partial charge in [0.05, 0.1) is 39.7 Å². The second-order valence-corrected chi connectivity index (χ2v) is 9.25. The molecule has 5 heterocycles. The summed E-state index contributed by atoms with van der Waals surface area (Å²) in [4.78, 5) is 46.6. The van der Waals surface area contributed by atoms with Crippen molar-refractivity contribution in [3.63, 3.8) is 0 Å². The Morgan fingerprint density at radius 3 is 1.62 bits per heavy atom. The molecule has 6 aromatic rings. The number of carbonyl (C=O) groups excluding carboxylic acids is 1. The van der Waals surface area contributed by atoms with Crippen LogP contribution in [0.25, 0.3) is 45.3 Å². The number of amides is 1. The average molecular weight is 551 g/mol. The van der Waals surface area contributed by atoms with Crippen molar-refractivity contribution in [2.45, 2.75) is 0 Å². The molecule has 0 unspecified atom stereocenters. The van der Waals surface area contributed by atoms with Gasteiger partial charge < -0.3 is 10.4 Å². The molecule has 0 saturated carbocycles. The van der Waals surface area contributed by atoms with Gasteiger partial charge in [-0.1, -0.05) is 24.3 Å². The fraction of sp³-hybridized carbons (Fsp3) is 0. The Morgan fingerprint density at radius 1 is 0.524 bits per heavy atom. The summed E-state index contributed by atoms with van der Waals surface area (Å²) in [6.45, 7) is 0. The van der Waals surface area contributed by atoms with Gasteiger partial charge >= 0.3 is 5.97 Å². The van der Waals surface area contributed by atoms with E-state index >= 15 is 0 Å². The van der Waals surface area contributed by atoms with Crippen LogP contribution < -0.4 is 5.32 Å². The molecule has 0 saturated heterocycles. The first-order chi connectivity index (χ1) is 20.5. The highest BCUT2D eigenvalue weighted by molar-refractivity contribution is 6.04. The Kier molecular flexibility index (Phi) is 7.20. The molecule has 0 aliphatic heterocycles. The molecule has 9 nitrogen and oxygen atoms in total. The van der Waals surface area contributed by atoms with Crippen molar-refractivity contribution in [2.75, 3.05) is 5.32 Å². The number of benzene rings is 1. The number of anilines is 1. The minimum Gasteiger partial charge on any atom is -0.478 e. The molecule has 0 bridgehead atoms.